The molecule has 26 heavy (non-hydrogen) atoms. The fourth-order valence-corrected chi connectivity index (χ4v) is 2.95. The van der Waals surface area contributed by atoms with Gasteiger partial charge < -0.3 is 15.3 Å². The molecule has 7 nitrogen and oxygen atoms in total. The Bertz CT molecular complexity index is 823. The van der Waals surface area contributed by atoms with Gasteiger partial charge in [-0.05, 0) is 24.1 Å². The van der Waals surface area contributed by atoms with Gasteiger partial charge in [0.2, 0.25) is 5.91 Å². The van der Waals surface area contributed by atoms with Crippen molar-refractivity contribution in [2.24, 2.45) is 0 Å². The lowest BCUT2D eigenvalue weighted by atomic mass is 10.1. The second-order valence-electron chi connectivity index (χ2n) is 6.09. The van der Waals surface area contributed by atoms with Gasteiger partial charge in [0.1, 0.15) is 11.4 Å². The number of carboxylic acid groups (broad SMARTS) is 1. The molecule has 1 aliphatic rings. The van der Waals surface area contributed by atoms with Gasteiger partial charge in [0.15, 0.2) is 0 Å². The van der Waals surface area contributed by atoms with Crippen LogP contribution in [0.1, 0.15) is 45.4 Å². The summed E-state index contributed by atoms with van der Waals surface area (Å²) in [7, 11) is 0. The van der Waals surface area contributed by atoms with Crippen molar-refractivity contribution in [1.82, 2.24) is 15.2 Å². The Hall–Kier alpha value is -3.22. The number of hydrogen-bond donors (Lipinski definition) is 2. The average Bonchev–Trinajstić information content (AvgIpc) is 3.06. The van der Waals surface area contributed by atoms with E-state index in [0.717, 1.165) is 12.0 Å². The maximum Gasteiger partial charge on any atom is 0.354 e. The van der Waals surface area contributed by atoms with E-state index in [1.807, 2.05) is 30.3 Å². The molecular formula is C19H19N3O4. The van der Waals surface area contributed by atoms with Crippen molar-refractivity contribution in [2.45, 2.75) is 18.9 Å². The molecule has 0 saturated carbocycles. The predicted octanol–water partition coefficient (Wildman–Crippen LogP) is 1.87. The van der Waals surface area contributed by atoms with E-state index in [2.05, 4.69) is 10.3 Å². The average molecular weight is 353 g/mol. The first-order valence-corrected chi connectivity index (χ1v) is 8.38. The van der Waals surface area contributed by atoms with Gasteiger partial charge in [-0.1, -0.05) is 36.4 Å². The predicted molar refractivity (Wildman–Crippen MR) is 93.7 cm³/mol. The van der Waals surface area contributed by atoms with Gasteiger partial charge in [0, 0.05) is 19.5 Å². The second kappa shape index (κ2) is 7.77. The lowest BCUT2D eigenvalue weighted by Crippen LogP contribution is -2.39. The first-order chi connectivity index (χ1) is 12.5. The highest BCUT2D eigenvalue weighted by molar-refractivity contribution is 5.94. The van der Waals surface area contributed by atoms with E-state index in [1.165, 1.54) is 18.2 Å². The third-order valence-corrected chi connectivity index (χ3v) is 4.28. The van der Waals surface area contributed by atoms with Crippen molar-refractivity contribution < 1.29 is 19.5 Å². The number of rotatable bonds is 6. The van der Waals surface area contributed by atoms with E-state index < -0.39 is 17.9 Å². The number of amides is 2. The Kier molecular flexibility index (Phi) is 5.26. The molecule has 1 atom stereocenters. The number of hydrogen-bond acceptors (Lipinski definition) is 4. The molecule has 3 rings (SSSR count). The van der Waals surface area contributed by atoms with Crippen LogP contribution in [-0.2, 0) is 4.79 Å². The molecule has 1 aromatic carbocycles. The van der Waals surface area contributed by atoms with E-state index in [-0.39, 0.29) is 17.3 Å². The molecule has 0 bridgehead atoms. The third-order valence-electron chi connectivity index (χ3n) is 4.28. The van der Waals surface area contributed by atoms with Crippen LogP contribution in [0.5, 0.6) is 0 Å². The molecule has 2 amide bonds. The van der Waals surface area contributed by atoms with Crippen molar-refractivity contribution >= 4 is 17.8 Å². The molecule has 1 aromatic heterocycles. The number of aromatic carboxylic acids is 1. The van der Waals surface area contributed by atoms with Crippen LogP contribution in [0.3, 0.4) is 0 Å². The SMILES string of the molecule is O=C(O)c1cccc(C(=O)NC(CN2CCCC2=O)c2ccccc2)n1. The van der Waals surface area contributed by atoms with Crippen molar-refractivity contribution in [2.75, 3.05) is 13.1 Å². The third kappa shape index (κ3) is 4.05. The van der Waals surface area contributed by atoms with Crippen LogP contribution in [0.25, 0.3) is 0 Å². The van der Waals surface area contributed by atoms with Gasteiger partial charge in [-0.15, -0.1) is 0 Å². The zero-order valence-corrected chi connectivity index (χ0v) is 14.1. The first-order valence-electron chi connectivity index (χ1n) is 8.38. The Morgan fingerprint density at radius 3 is 2.50 bits per heavy atom. The summed E-state index contributed by atoms with van der Waals surface area (Å²) in [6, 6.07) is 13.2. The van der Waals surface area contributed by atoms with Crippen LogP contribution in [0, 0.1) is 0 Å². The molecule has 1 aliphatic heterocycles. The molecule has 0 aliphatic carbocycles. The van der Waals surface area contributed by atoms with Gasteiger partial charge in [0.25, 0.3) is 5.91 Å². The number of likely N-dealkylation sites (tertiary alicyclic amines) is 1. The maximum absolute atomic E-state index is 12.6. The smallest absolute Gasteiger partial charge is 0.354 e. The molecule has 7 heteroatoms. The van der Waals surface area contributed by atoms with Gasteiger partial charge >= 0.3 is 5.97 Å². The number of pyridine rings is 1. The van der Waals surface area contributed by atoms with E-state index in [1.54, 1.807) is 4.90 Å². The summed E-state index contributed by atoms with van der Waals surface area (Å²) >= 11 is 0. The fraction of sp³-hybridized carbons (Fsp3) is 0.263. The minimum atomic E-state index is -1.19. The van der Waals surface area contributed by atoms with Gasteiger partial charge in [-0.25, -0.2) is 9.78 Å². The summed E-state index contributed by atoms with van der Waals surface area (Å²) < 4.78 is 0. The summed E-state index contributed by atoms with van der Waals surface area (Å²) in [5.41, 5.74) is 0.706. The highest BCUT2D eigenvalue weighted by Crippen LogP contribution is 2.19. The van der Waals surface area contributed by atoms with Gasteiger partial charge in [0.05, 0.1) is 6.04 Å². The number of nitrogens with one attached hydrogen (secondary N) is 1. The number of aromatic nitrogens is 1. The molecule has 1 unspecified atom stereocenters. The Labute approximate surface area is 150 Å². The topological polar surface area (TPSA) is 99.6 Å². The first kappa shape index (κ1) is 17.6. The van der Waals surface area contributed by atoms with Crippen molar-refractivity contribution in [3.8, 4) is 0 Å². The van der Waals surface area contributed by atoms with Crippen LogP contribution < -0.4 is 5.32 Å². The Balaban J connectivity index is 1.80. The zero-order valence-electron chi connectivity index (χ0n) is 14.1. The summed E-state index contributed by atoms with van der Waals surface area (Å²) in [6.45, 7) is 1.04. The monoisotopic (exact) mass is 353 g/mol. The van der Waals surface area contributed by atoms with E-state index in [4.69, 9.17) is 5.11 Å². The highest BCUT2D eigenvalue weighted by Gasteiger charge is 2.26. The molecule has 0 spiro atoms. The van der Waals surface area contributed by atoms with Crippen LogP contribution in [-0.4, -0.2) is 45.9 Å². The van der Waals surface area contributed by atoms with Gasteiger partial charge in [-0.2, -0.15) is 0 Å². The molecular weight excluding hydrogens is 334 g/mol. The lowest BCUT2D eigenvalue weighted by molar-refractivity contribution is -0.128. The number of nitrogens with zero attached hydrogens (tertiary/aromatic N) is 2. The summed E-state index contributed by atoms with van der Waals surface area (Å²) in [5, 5.41) is 11.9. The minimum Gasteiger partial charge on any atom is -0.477 e. The van der Waals surface area contributed by atoms with E-state index in [9.17, 15) is 14.4 Å². The molecule has 2 N–H and O–H groups in total. The summed E-state index contributed by atoms with van der Waals surface area (Å²) in [6.07, 6.45) is 1.34. The molecule has 1 saturated heterocycles. The molecule has 134 valence electrons. The maximum atomic E-state index is 12.6. The van der Waals surface area contributed by atoms with Crippen LogP contribution in [0.4, 0.5) is 0 Å². The largest absolute Gasteiger partial charge is 0.477 e. The number of carboxylic acids is 1. The summed E-state index contributed by atoms with van der Waals surface area (Å²) in [5.74, 6) is -1.60. The van der Waals surface area contributed by atoms with Crippen molar-refractivity contribution in [1.29, 1.82) is 0 Å². The van der Waals surface area contributed by atoms with Crippen LogP contribution in [0.2, 0.25) is 0 Å². The molecule has 0 radical (unpaired) electrons. The molecule has 2 aromatic rings. The number of benzene rings is 1. The van der Waals surface area contributed by atoms with Crippen molar-refractivity contribution in [3.05, 3.63) is 65.5 Å². The quantitative estimate of drug-likeness (QED) is 0.826. The number of carbonyl (C=O) groups is 3. The molecule has 2 heterocycles. The second-order valence-corrected chi connectivity index (χ2v) is 6.09. The van der Waals surface area contributed by atoms with Gasteiger partial charge in [-0.3, -0.25) is 9.59 Å². The summed E-state index contributed by atoms with van der Waals surface area (Å²) in [4.78, 5) is 41.2. The number of carbonyl (C=O) groups excluding carboxylic acids is 2. The lowest BCUT2D eigenvalue weighted by Gasteiger charge is -2.25. The minimum absolute atomic E-state index is 0.0265. The highest BCUT2D eigenvalue weighted by atomic mass is 16.4. The fourth-order valence-electron chi connectivity index (χ4n) is 2.95. The van der Waals surface area contributed by atoms with E-state index in [0.29, 0.717) is 19.5 Å². The van der Waals surface area contributed by atoms with E-state index >= 15 is 0 Å². The standard InChI is InChI=1S/C19H19N3O4/c23-17-10-5-11-22(17)12-16(13-6-2-1-3-7-13)21-18(24)14-8-4-9-15(20-14)19(25)26/h1-4,6-9,16H,5,10-12H2,(H,21,24)(H,25,26). The Morgan fingerprint density at radius 1 is 1.12 bits per heavy atom. The molecule has 1 fully saturated rings. The van der Waals surface area contributed by atoms with Crippen molar-refractivity contribution in [3.63, 3.8) is 0 Å². The zero-order chi connectivity index (χ0) is 18.5. The van der Waals surface area contributed by atoms with Crippen LogP contribution in [0.15, 0.2) is 48.5 Å². The Morgan fingerprint density at radius 2 is 1.85 bits per heavy atom. The normalized spacial score (nSPS) is 14.9. The van der Waals surface area contributed by atoms with Crippen LogP contribution >= 0.6 is 0 Å².